The summed E-state index contributed by atoms with van der Waals surface area (Å²) in [6.07, 6.45) is 5.65. The molecular formula is C23H33NS. The highest BCUT2D eigenvalue weighted by Crippen LogP contribution is 2.30. The summed E-state index contributed by atoms with van der Waals surface area (Å²) in [5.41, 5.74) is 2.92. The fourth-order valence-electron chi connectivity index (χ4n) is 3.00. The van der Waals surface area contributed by atoms with Crippen LogP contribution in [0.25, 0.3) is 10.4 Å². The first-order valence-corrected chi connectivity index (χ1v) is 10.3. The van der Waals surface area contributed by atoms with Crippen LogP contribution in [0.5, 0.6) is 0 Å². The van der Waals surface area contributed by atoms with Crippen LogP contribution < -0.4 is 5.32 Å². The molecule has 2 aromatic rings. The Morgan fingerprint density at radius 1 is 1.12 bits per heavy atom. The molecule has 0 spiro atoms. The summed E-state index contributed by atoms with van der Waals surface area (Å²) in [4.78, 5) is 2.77. The lowest BCUT2D eigenvalue weighted by Gasteiger charge is -2.18. The molecule has 0 aliphatic heterocycles. The maximum Gasteiger partial charge on any atom is 0.0346 e. The topological polar surface area (TPSA) is 12.0 Å². The van der Waals surface area contributed by atoms with Crippen molar-refractivity contribution >= 4 is 11.3 Å². The van der Waals surface area contributed by atoms with E-state index in [9.17, 15) is 0 Å². The third-order valence-corrected chi connectivity index (χ3v) is 5.94. The summed E-state index contributed by atoms with van der Waals surface area (Å²) in [7, 11) is 0. The van der Waals surface area contributed by atoms with Crippen LogP contribution in [0.2, 0.25) is 0 Å². The first kappa shape index (κ1) is 19.9. The van der Waals surface area contributed by atoms with Crippen molar-refractivity contribution in [2.45, 2.75) is 58.9 Å². The van der Waals surface area contributed by atoms with E-state index in [1.807, 2.05) is 17.4 Å². The minimum atomic E-state index is 0.213. The van der Waals surface area contributed by atoms with Crippen molar-refractivity contribution < 1.29 is 0 Å². The number of rotatable bonds is 9. The monoisotopic (exact) mass is 355 g/mol. The molecule has 1 aromatic heterocycles. The van der Waals surface area contributed by atoms with Crippen LogP contribution in [-0.2, 0) is 12.0 Å². The summed E-state index contributed by atoms with van der Waals surface area (Å²) >= 11 is 1.90. The van der Waals surface area contributed by atoms with Crippen LogP contribution in [0, 0.1) is 5.92 Å². The van der Waals surface area contributed by atoms with Crippen LogP contribution in [-0.4, -0.2) is 6.54 Å². The molecule has 0 radical (unpaired) electrons. The Morgan fingerprint density at radius 2 is 1.84 bits per heavy atom. The van der Waals surface area contributed by atoms with Gasteiger partial charge in [0.25, 0.3) is 0 Å². The minimum absolute atomic E-state index is 0.213. The molecule has 0 saturated carbocycles. The van der Waals surface area contributed by atoms with Crippen molar-refractivity contribution in [3.05, 3.63) is 59.5 Å². The number of benzene rings is 1. The van der Waals surface area contributed by atoms with Gasteiger partial charge in [0.05, 0.1) is 0 Å². The van der Waals surface area contributed by atoms with E-state index in [1.54, 1.807) is 0 Å². The van der Waals surface area contributed by atoms with E-state index in [2.05, 4.69) is 76.0 Å². The van der Waals surface area contributed by atoms with Crippen LogP contribution >= 0.6 is 11.3 Å². The van der Waals surface area contributed by atoms with E-state index >= 15 is 0 Å². The Labute approximate surface area is 158 Å². The van der Waals surface area contributed by atoms with Crippen LogP contribution in [0.1, 0.15) is 57.4 Å². The van der Waals surface area contributed by atoms with Gasteiger partial charge in [0.1, 0.15) is 0 Å². The van der Waals surface area contributed by atoms with Crippen molar-refractivity contribution in [1.82, 2.24) is 5.32 Å². The molecule has 1 aromatic carbocycles. The molecule has 1 atom stereocenters. The molecule has 0 saturated heterocycles. The third-order valence-electron chi connectivity index (χ3n) is 4.80. The van der Waals surface area contributed by atoms with Gasteiger partial charge in [-0.05, 0) is 54.0 Å². The molecule has 25 heavy (non-hydrogen) atoms. The van der Waals surface area contributed by atoms with E-state index in [0.29, 0.717) is 0 Å². The molecule has 0 bridgehead atoms. The van der Waals surface area contributed by atoms with E-state index < -0.39 is 0 Å². The van der Waals surface area contributed by atoms with Gasteiger partial charge in [0, 0.05) is 16.3 Å². The lowest BCUT2D eigenvalue weighted by Crippen LogP contribution is -2.16. The summed E-state index contributed by atoms with van der Waals surface area (Å²) in [6, 6.07) is 13.5. The first-order valence-electron chi connectivity index (χ1n) is 9.45. The zero-order valence-corrected chi connectivity index (χ0v) is 17.1. The molecule has 1 nitrogen and oxygen atoms in total. The second-order valence-corrected chi connectivity index (χ2v) is 9.03. The van der Waals surface area contributed by atoms with Gasteiger partial charge in [-0.15, -0.1) is 17.9 Å². The largest absolute Gasteiger partial charge is 0.312 e. The number of nitrogens with one attached hydrogen (secondary N) is 1. The van der Waals surface area contributed by atoms with Gasteiger partial charge < -0.3 is 5.32 Å². The summed E-state index contributed by atoms with van der Waals surface area (Å²) in [5, 5.41) is 3.59. The fraction of sp³-hybridized carbons (Fsp3) is 0.478. The summed E-state index contributed by atoms with van der Waals surface area (Å²) in [5.74, 6) is 0.769. The van der Waals surface area contributed by atoms with E-state index in [1.165, 1.54) is 33.7 Å². The Balaban J connectivity index is 1.86. The molecule has 2 rings (SSSR count). The predicted octanol–water partition coefficient (Wildman–Crippen LogP) is 6.79. The molecule has 1 unspecified atom stereocenters. The third kappa shape index (κ3) is 6.13. The number of thiophene rings is 1. The highest BCUT2D eigenvalue weighted by molar-refractivity contribution is 7.15. The lowest BCUT2D eigenvalue weighted by atomic mass is 9.86. The normalized spacial score (nSPS) is 13.0. The smallest absolute Gasteiger partial charge is 0.0346 e. The lowest BCUT2D eigenvalue weighted by molar-refractivity contribution is 0.456. The molecule has 0 fully saturated rings. The van der Waals surface area contributed by atoms with Crippen LogP contribution in [0.15, 0.2) is 49.1 Å². The van der Waals surface area contributed by atoms with E-state index in [0.717, 1.165) is 25.4 Å². The molecule has 2 heteroatoms. The number of allylic oxidation sites excluding steroid dienone is 1. The molecule has 136 valence electrons. The molecule has 1 heterocycles. The van der Waals surface area contributed by atoms with Gasteiger partial charge in [0.15, 0.2) is 0 Å². The zero-order chi connectivity index (χ0) is 18.3. The maximum atomic E-state index is 3.86. The molecule has 0 aliphatic carbocycles. The highest BCUT2D eigenvalue weighted by Gasteiger charge is 2.13. The first-order chi connectivity index (χ1) is 11.9. The fourth-order valence-corrected chi connectivity index (χ4v) is 3.99. The van der Waals surface area contributed by atoms with Gasteiger partial charge in [-0.1, -0.05) is 64.5 Å². The Morgan fingerprint density at radius 3 is 2.44 bits per heavy atom. The maximum absolute atomic E-state index is 3.86. The Bertz CT molecular complexity index is 645. The average Bonchev–Trinajstić information content (AvgIpc) is 3.06. The van der Waals surface area contributed by atoms with Crippen molar-refractivity contribution in [1.29, 1.82) is 0 Å². The standard InChI is InChI=1S/C23H33NS/c1-6-8-18(7-2)15-16-24-17-21-13-14-22(25-21)19-9-11-20(12-10-19)23(3,4)5/h6,9-14,18,24H,1,7-8,15-17H2,2-5H3. The van der Waals surface area contributed by atoms with E-state index in [-0.39, 0.29) is 5.41 Å². The summed E-state index contributed by atoms with van der Waals surface area (Å²) < 4.78 is 0. The molecular weight excluding hydrogens is 322 g/mol. The zero-order valence-electron chi connectivity index (χ0n) is 16.3. The SMILES string of the molecule is C=CCC(CC)CCNCc1ccc(-c2ccc(C(C)(C)C)cc2)s1. The summed E-state index contributed by atoms with van der Waals surface area (Å²) in [6.45, 7) is 15.0. The quantitative estimate of drug-likeness (QED) is 0.385. The number of hydrogen-bond acceptors (Lipinski definition) is 2. The van der Waals surface area contributed by atoms with Crippen molar-refractivity contribution in [2.24, 2.45) is 5.92 Å². The Kier molecular flexibility index (Phi) is 7.46. The second kappa shape index (κ2) is 9.35. The van der Waals surface area contributed by atoms with Gasteiger partial charge in [-0.25, -0.2) is 0 Å². The molecule has 1 N–H and O–H groups in total. The molecule has 0 amide bonds. The highest BCUT2D eigenvalue weighted by atomic mass is 32.1. The van der Waals surface area contributed by atoms with Crippen LogP contribution in [0.4, 0.5) is 0 Å². The molecule has 0 aliphatic rings. The van der Waals surface area contributed by atoms with Gasteiger partial charge in [0.2, 0.25) is 0 Å². The van der Waals surface area contributed by atoms with Gasteiger partial charge in [-0.2, -0.15) is 0 Å². The minimum Gasteiger partial charge on any atom is -0.312 e. The van der Waals surface area contributed by atoms with Crippen LogP contribution in [0.3, 0.4) is 0 Å². The predicted molar refractivity (Wildman–Crippen MR) is 113 cm³/mol. The van der Waals surface area contributed by atoms with E-state index in [4.69, 9.17) is 0 Å². The Hall–Kier alpha value is -1.38. The average molecular weight is 356 g/mol. The van der Waals surface area contributed by atoms with Crippen molar-refractivity contribution in [2.75, 3.05) is 6.54 Å². The number of hydrogen-bond donors (Lipinski definition) is 1. The van der Waals surface area contributed by atoms with Crippen molar-refractivity contribution in [3.8, 4) is 10.4 Å². The van der Waals surface area contributed by atoms with Gasteiger partial charge >= 0.3 is 0 Å². The second-order valence-electron chi connectivity index (χ2n) is 7.86. The van der Waals surface area contributed by atoms with Gasteiger partial charge in [-0.3, -0.25) is 0 Å². The van der Waals surface area contributed by atoms with Crippen molar-refractivity contribution in [3.63, 3.8) is 0 Å².